The van der Waals surface area contributed by atoms with E-state index in [1.165, 1.54) is 56.1 Å². The summed E-state index contributed by atoms with van der Waals surface area (Å²) < 4.78 is 8.07. The normalized spacial score (nSPS) is 11.5. The van der Waals surface area contributed by atoms with Crippen LogP contribution in [0.25, 0.3) is 38.6 Å². The molecule has 1 aromatic heterocycles. The van der Waals surface area contributed by atoms with Crippen molar-refractivity contribution in [2.45, 2.75) is 6.92 Å². The van der Waals surface area contributed by atoms with Crippen LogP contribution in [0.2, 0.25) is 0 Å². The van der Waals surface area contributed by atoms with Crippen LogP contribution >= 0.6 is 0 Å². The number of para-hydroxylation sites is 2. The van der Waals surface area contributed by atoms with Gasteiger partial charge < -0.3 is 4.57 Å². The number of benzene rings is 9. The SMILES string of the molecule is Cc1ccc(N(c2ccc(-c3cc[c]([Ge]([c]4ccccc4)([c]4ccccc4)[c]4ccccc4)cc3)cc2)c2ccc3c(c2)c2ccccc2n3-c2ccccc2)cc1. The second-order valence-electron chi connectivity index (χ2n) is 15.0. The Morgan fingerprint density at radius 3 is 1.31 bits per heavy atom. The number of fused-ring (bicyclic) bond motifs is 3. The van der Waals surface area contributed by atoms with Crippen LogP contribution < -0.4 is 22.5 Å². The van der Waals surface area contributed by atoms with Crippen LogP contribution in [0, 0.1) is 6.92 Å². The van der Waals surface area contributed by atoms with Crippen LogP contribution in [0.15, 0.2) is 237 Å². The molecule has 0 fully saturated rings. The van der Waals surface area contributed by atoms with Gasteiger partial charge >= 0.3 is 251 Å². The summed E-state index contributed by atoms with van der Waals surface area (Å²) in [6, 6.07) is 87.2. The summed E-state index contributed by atoms with van der Waals surface area (Å²) >= 11 is -3.33. The van der Waals surface area contributed by atoms with E-state index in [1.807, 2.05) is 0 Å². The van der Waals surface area contributed by atoms with Gasteiger partial charge in [-0.1, -0.05) is 42.0 Å². The fourth-order valence-corrected chi connectivity index (χ4v) is 18.8. The molecule has 0 unspecified atom stereocenters. The van der Waals surface area contributed by atoms with Gasteiger partial charge in [-0.05, 0) is 25.1 Å². The molecule has 0 radical (unpaired) electrons. The Morgan fingerprint density at radius 2 is 0.759 bits per heavy atom. The van der Waals surface area contributed by atoms with E-state index < -0.39 is 13.3 Å². The Morgan fingerprint density at radius 1 is 0.345 bits per heavy atom. The maximum absolute atomic E-state index is 3.33. The summed E-state index contributed by atoms with van der Waals surface area (Å²) in [4.78, 5) is 2.38. The van der Waals surface area contributed by atoms with Crippen LogP contribution in [0.3, 0.4) is 0 Å². The molecule has 10 rings (SSSR count). The predicted octanol–water partition coefficient (Wildman–Crippen LogP) is 11.6. The average Bonchev–Trinajstić information content (AvgIpc) is 3.63. The molecular formula is C55H42GeN2. The summed E-state index contributed by atoms with van der Waals surface area (Å²) in [5.41, 5.74) is 10.6. The molecule has 0 aliphatic heterocycles. The Bertz CT molecular complexity index is 2860. The van der Waals surface area contributed by atoms with Gasteiger partial charge in [-0.15, -0.1) is 0 Å². The maximum atomic E-state index is 2.40. The fourth-order valence-electron chi connectivity index (χ4n) is 8.88. The summed E-state index contributed by atoms with van der Waals surface area (Å²) in [5.74, 6) is 0. The van der Waals surface area contributed by atoms with Crippen molar-refractivity contribution in [1.29, 1.82) is 0 Å². The molecule has 2 nitrogen and oxygen atoms in total. The Hall–Kier alpha value is -6.88. The Kier molecular flexibility index (Phi) is 9.33. The van der Waals surface area contributed by atoms with Crippen LogP contribution in [-0.4, -0.2) is 17.8 Å². The molecule has 0 spiro atoms. The molecule has 0 amide bonds. The third-order valence-corrected chi connectivity index (χ3v) is 21.7. The van der Waals surface area contributed by atoms with Gasteiger partial charge in [0.25, 0.3) is 0 Å². The van der Waals surface area contributed by atoms with Crippen LogP contribution in [0.5, 0.6) is 0 Å². The second-order valence-corrected chi connectivity index (χ2v) is 23.0. The first-order valence-electron chi connectivity index (χ1n) is 20.0. The van der Waals surface area contributed by atoms with E-state index in [2.05, 4.69) is 253 Å². The van der Waals surface area contributed by atoms with Crippen molar-refractivity contribution in [1.82, 2.24) is 4.57 Å². The number of anilines is 3. The van der Waals surface area contributed by atoms with Gasteiger partial charge in [0.1, 0.15) is 0 Å². The van der Waals surface area contributed by atoms with Gasteiger partial charge in [-0.3, -0.25) is 0 Å². The molecule has 0 bridgehead atoms. The summed E-state index contributed by atoms with van der Waals surface area (Å²) in [6.45, 7) is 2.14. The molecule has 9 aromatic carbocycles. The predicted molar refractivity (Wildman–Crippen MR) is 249 cm³/mol. The van der Waals surface area contributed by atoms with E-state index in [-0.39, 0.29) is 0 Å². The van der Waals surface area contributed by atoms with Gasteiger partial charge in [0.2, 0.25) is 0 Å². The summed E-state index contributed by atoms with van der Waals surface area (Å²) in [7, 11) is 0. The van der Waals surface area contributed by atoms with Gasteiger partial charge in [0.15, 0.2) is 0 Å². The monoisotopic (exact) mass is 804 g/mol. The van der Waals surface area contributed by atoms with Crippen molar-refractivity contribution in [3.8, 4) is 16.8 Å². The zero-order valence-corrected chi connectivity index (χ0v) is 34.5. The Labute approximate surface area is 343 Å². The molecule has 3 heteroatoms. The molecule has 0 saturated carbocycles. The number of hydrogen-bond donors (Lipinski definition) is 0. The summed E-state index contributed by atoms with van der Waals surface area (Å²) in [5, 5.41) is 2.47. The van der Waals surface area contributed by atoms with E-state index in [1.54, 1.807) is 0 Å². The van der Waals surface area contributed by atoms with Crippen molar-refractivity contribution in [2.24, 2.45) is 0 Å². The van der Waals surface area contributed by atoms with E-state index in [4.69, 9.17) is 0 Å². The number of aromatic nitrogens is 1. The van der Waals surface area contributed by atoms with E-state index >= 15 is 0 Å². The van der Waals surface area contributed by atoms with Crippen molar-refractivity contribution >= 4 is 69.7 Å². The van der Waals surface area contributed by atoms with Gasteiger partial charge in [-0.2, -0.15) is 0 Å². The van der Waals surface area contributed by atoms with Crippen molar-refractivity contribution in [3.63, 3.8) is 0 Å². The topological polar surface area (TPSA) is 8.17 Å². The number of hydrogen-bond acceptors (Lipinski definition) is 1. The zero-order valence-electron chi connectivity index (χ0n) is 32.4. The van der Waals surface area contributed by atoms with Gasteiger partial charge in [0, 0.05) is 11.1 Å². The molecule has 10 aromatic rings. The molecule has 0 N–H and O–H groups in total. The van der Waals surface area contributed by atoms with Crippen molar-refractivity contribution in [3.05, 3.63) is 242 Å². The van der Waals surface area contributed by atoms with E-state index in [0.717, 1.165) is 22.7 Å². The van der Waals surface area contributed by atoms with Crippen molar-refractivity contribution < 1.29 is 0 Å². The van der Waals surface area contributed by atoms with Gasteiger partial charge in [0.05, 0.1) is 11.0 Å². The average molecular weight is 804 g/mol. The molecule has 0 aliphatic carbocycles. The van der Waals surface area contributed by atoms with E-state index in [0.29, 0.717) is 0 Å². The third kappa shape index (κ3) is 6.23. The molecule has 0 saturated heterocycles. The first kappa shape index (κ1) is 35.5. The Balaban J connectivity index is 1.05. The first-order chi connectivity index (χ1) is 28.7. The third-order valence-electron chi connectivity index (χ3n) is 11.6. The second kappa shape index (κ2) is 15.2. The molecule has 0 atom stereocenters. The van der Waals surface area contributed by atoms with E-state index in [9.17, 15) is 0 Å². The molecule has 0 aliphatic rings. The van der Waals surface area contributed by atoms with Crippen LogP contribution in [0.4, 0.5) is 17.1 Å². The van der Waals surface area contributed by atoms with Crippen LogP contribution in [-0.2, 0) is 0 Å². The number of nitrogens with zero attached hydrogens (tertiary/aromatic N) is 2. The number of rotatable bonds is 9. The molecule has 58 heavy (non-hydrogen) atoms. The molecule has 276 valence electrons. The standard InChI is InChI=1S/C55H42GeN2/c1-41-26-34-49(35-27-41)57(51-38-39-55-53(40-51)52-24-14-15-25-54(52)58(55)48-22-12-5-13-23-48)50-36-30-43(31-37-50)42-28-32-47(33-29-42)56(44-16-6-2-7-17-44,45-18-8-3-9-19-45)46-20-10-4-11-21-46/h2-40H,1H3. The summed E-state index contributed by atoms with van der Waals surface area (Å²) in [6.07, 6.45) is 0. The minimum atomic E-state index is -3.33. The molecule has 1 heterocycles. The minimum absolute atomic E-state index is 1.11. The molecular weight excluding hydrogens is 761 g/mol. The fraction of sp³-hybridized carbons (Fsp3) is 0.0182. The first-order valence-corrected chi connectivity index (χ1v) is 24.2. The van der Waals surface area contributed by atoms with Crippen LogP contribution in [0.1, 0.15) is 5.56 Å². The van der Waals surface area contributed by atoms with Crippen molar-refractivity contribution in [2.75, 3.05) is 4.90 Å². The zero-order chi connectivity index (χ0) is 38.9. The van der Waals surface area contributed by atoms with Gasteiger partial charge in [-0.25, -0.2) is 0 Å². The number of aryl methyl sites for hydroxylation is 1. The quantitative estimate of drug-likeness (QED) is 0.132.